The van der Waals surface area contributed by atoms with Crippen molar-refractivity contribution in [3.63, 3.8) is 0 Å². The first-order valence-electron chi connectivity index (χ1n) is 7.01. The molecule has 1 fully saturated rings. The number of anilines is 3. The van der Waals surface area contributed by atoms with E-state index in [9.17, 15) is 5.26 Å². The molecule has 9 heteroatoms. The van der Waals surface area contributed by atoms with Crippen LogP contribution in [0.15, 0.2) is 27.9 Å². The number of nitriles is 1. The maximum Gasteiger partial charge on any atom is 0.224 e. The number of hydrazone groups is 1. The molecule has 0 bridgehead atoms. The molecule has 0 spiro atoms. The monoisotopic (exact) mass is 313 g/mol. The third-order valence-electron chi connectivity index (χ3n) is 3.24. The average Bonchev–Trinajstić information content (AvgIpc) is 3.08. The van der Waals surface area contributed by atoms with Crippen LogP contribution in [0.5, 0.6) is 0 Å². The molecule has 0 aromatic carbocycles. The average molecular weight is 313 g/mol. The highest BCUT2D eigenvalue weighted by Crippen LogP contribution is 2.25. The molecule has 0 atom stereocenters. The Kier molecular flexibility index (Phi) is 4.35. The third kappa shape index (κ3) is 3.38. The Balaban J connectivity index is 1.87. The molecule has 23 heavy (non-hydrogen) atoms. The van der Waals surface area contributed by atoms with Crippen molar-refractivity contribution in [2.24, 2.45) is 5.10 Å². The van der Waals surface area contributed by atoms with Gasteiger partial charge >= 0.3 is 0 Å². The molecule has 0 aliphatic carbocycles. The van der Waals surface area contributed by atoms with Crippen LogP contribution in [0.25, 0.3) is 0 Å². The molecular weight excluding hydrogens is 298 g/mol. The summed E-state index contributed by atoms with van der Waals surface area (Å²) in [5.41, 5.74) is 8.77. The molecule has 0 saturated carbocycles. The highest BCUT2D eigenvalue weighted by Gasteiger charge is 2.20. The largest absolute Gasteiger partial charge is 0.463 e. The second kappa shape index (κ2) is 6.76. The van der Waals surface area contributed by atoms with Gasteiger partial charge in [-0.05, 0) is 12.1 Å². The first kappa shape index (κ1) is 14.8. The summed E-state index contributed by atoms with van der Waals surface area (Å²) < 4.78 is 10.4. The smallest absolute Gasteiger partial charge is 0.224 e. The molecule has 0 unspecified atom stereocenters. The van der Waals surface area contributed by atoms with Crippen LogP contribution in [0.1, 0.15) is 11.3 Å². The maximum absolute atomic E-state index is 9.46. The van der Waals surface area contributed by atoms with Crippen molar-refractivity contribution in [3.8, 4) is 6.07 Å². The minimum Gasteiger partial charge on any atom is -0.463 e. The molecule has 2 aromatic rings. The number of aromatic nitrogens is 2. The van der Waals surface area contributed by atoms with E-state index in [1.807, 2.05) is 4.90 Å². The Hall–Kier alpha value is -3.12. The van der Waals surface area contributed by atoms with Gasteiger partial charge in [-0.2, -0.15) is 20.3 Å². The topological polar surface area (TPSA) is 126 Å². The minimum atomic E-state index is 0.0705. The molecule has 1 aliphatic rings. The number of ether oxygens (including phenoxy) is 1. The fourth-order valence-electron chi connectivity index (χ4n) is 2.18. The third-order valence-corrected chi connectivity index (χ3v) is 3.24. The first-order chi connectivity index (χ1) is 11.3. The summed E-state index contributed by atoms with van der Waals surface area (Å²) in [4.78, 5) is 10.2. The predicted molar refractivity (Wildman–Crippen MR) is 84.1 cm³/mol. The van der Waals surface area contributed by atoms with Crippen molar-refractivity contribution in [3.05, 3.63) is 29.7 Å². The quantitative estimate of drug-likeness (QED) is 0.627. The van der Waals surface area contributed by atoms with E-state index in [1.54, 1.807) is 18.4 Å². The SMILES string of the molecule is N#Cc1c(N/N=C/c2ccco2)nc(N)nc1N1CCOCC1. The van der Waals surface area contributed by atoms with Crippen LogP contribution in [0.3, 0.4) is 0 Å². The van der Waals surface area contributed by atoms with E-state index < -0.39 is 0 Å². The standard InChI is InChI=1S/C14H15N7O2/c15-8-11-12(20-17-9-10-2-1-5-23-10)18-14(16)19-13(11)21-3-6-22-7-4-21/h1-2,5,9H,3-4,6-7H2,(H3,16,18,19,20)/b17-9+. The summed E-state index contributed by atoms with van der Waals surface area (Å²) in [6.07, 6.45) is 3.02. The van der Waals surface area contributed by atoms with E-state index in [0.717, 1.165) is 0 Å². The predicted octanol–water partition coefficient (Wildman–Crippen LogP) is 0.806. The molecule has 3 rings (SSSR count). The fourth-order valence-corrected chi connectivity index (χ4v) is 2.18. The van der Waals surface area contributed by atoms with E-state index in [-0.39, 0.29) is 17.3 Å². The Morgan fingerprint density at radius 1 is 1.39 bits per heavy atom. The Morgan fingerprint density at radius 2 is 2.22 bits per heavy atom. The van der Waals surface area contributed by atoms with Gasteiger partial charge in [0.15, 0.2) is 11.6 Å². The molecule has 1 aliphatic heterocycles. The van der Waals surface area contributed by atoms with Crippen molar-refractivity contribution in [2.45, 2.75) is 0 Å². The van der Waals surface area contributed by atoms with Crippen molar-refractivity contribution in [1.29, 1.82) is 5.26 Å². The second-order valence-corrected chi connectivity index (χ2v) is 4.73. The number of hydrogen-bond donors (Lipinski definition) is 2. The van der Waals surface area contributed by atoms with Gasteiger partial charge in [-0.1, -0.05) is 0 Å². The van der Waals surface area contributed by atoms with Crippen LogP contribution in [-0.2, 0) is 4.74 Å². The maximum atomic E-state index is 9.46. The highest BCUT2D eigenvalue weighted by molar-refractivity contribution is 5.77. The summed E-state index contributed by atoms with van der Waals surface area (Å²) >= 11 is 0. The number of hydrogen-bond acceptors (Lipinski definition) is 9. The van der Waals surface area contributed by atoms with Gasteiger partial charge < -0.3 is 19.8 Å². The van der Waals surface area contributed by atoms with E-state index in [1.165, 1.54) is 6.21 Å². The highest BCUT2D eigenvalue weighted by atomic mass is 16.5. The number of rotatable bonds is 4. The van der Waals surface area contributed by atoms with Crippen molar-refractivity contribution in [2.75, 3.05) is 42.4 Å². The normalized spacial score (nSPS) is 14.8. The van der Waals surface area contributed by atoms with Gasteiger partial charge in [0.25, 0.3) is 0 Å². The molecule has 118 valence electrons. The van der Waals surface area contributed by atoms with Crippen LogP contribution in [-0.4, -0.2) is 42.5 Å². The van der Waals surface area contributed by atoms with Crippen molar-refractivity contribution < 1.29 is 9.15 Å². The van der Waals surface area contributed by atoms with Crippen LogP contribution in [0.2, 0.25) is 0 Å². The van der Waals surface area contributed by atoms with Gasteiger partial charge in [-0.25, -0.2) is 0 Å². The summed E-state index contributed by atoms with van der Waals surface area (Å²) in [5.74, 6) is 1.39. The number of morpholine rings is 1. The fraction of sp³-hybridized carbons (Fsp3) is 0.286. The van der Waals surface area contributed by atoms with Gasteiger partial charge in [0.1, 0.15) is 17.4 Å². The zero-order valence-electron chi connectivity index (χ0n) is 12.3. The van der Waals surface area contributed by atoms with Crippen LogP contribution < -0.4 is 16.1 Å². The lowest BCUT2D eigenvalue weighted by Crippen LogP contribution is -2.37. The first-order valence-corrected chi connectivity index (χ1v) is 7.01. The van der Waals surface area contributed by atoms with Gasteiger partial charge in [0.2, 0.25) is 5.95 Å². The molecular formula is C14H15N7O2. The number of nitrogens with one attached hydrogen (secondary N) is 1. The Labute approximate surface area is 132 Å². The number of nitrogens with zero attached hydrogens (tertiary/aromatic N) is 5. The lowest BCUT2D eigenvalue weighted by atomic mass is 10.2. The van der Waals surface area contributed by atoms with Crippen molar-refractivity contribution >= 4 is 23.8 Å². The van der Waals surface area contributed by atoms with Crippen LogP contribution >= 0.6 is 0 Å². The number of furan rings is 1. The van der Waals surface area contributed by atoms with E-state index >= 15 is 0 Å². The van der Waals surface area contributed by atoms with Crippen LogP contribution in [0, 0.1) is 11.3 Å². The second-order valence-electron chi connectivity index (χ2n) is 4.73. The Bertz CT molecular complexity index is 730. The van der Waals surface area contributed by atoms with Gasteiger partial charge in [-0.3, -0.25) is 5.43 Å². The summed E-state index contributed by atoms with van der Waals surface area (Å²) in [7, 11) is 0. The molecule has 9 nitrogen and oxygen atoms in total. The van der Waals surface area contributed by atoms with Crippen LogP contribution in [0.4, 0.5) is 17.6 Å². The molecule has 2 aromatic heterocycles. The lowest BCUT2D eigenvalue weighted by Gasteiger charge is -2.28. The molecule has 0 radical (unpaired) electrons. The molecule has 1 saturated heterocycles. The van der Waals surface area contributed by atoms with E-state index in [4.69, 9.17) is 14.9 Å². The number of nitrogens with two attached hydrogens (primary N) is 1. The molecule has 3 N–H and O–H groups in total. The number of nitrogen functional groups attached to an aromatic ring is 1. The summed E-state index contributed by atoms with van der Waals surface area (Å²) in [5, 5.41) is 13.5. The lowest BCUT2D eigenvalue weighted by molar-refractivity contribution is 0.122. The van der Waals surface area contributed by atoms with Gasteiger partial charge in [0, 0.05) is 13.1 Å². The summed E-state index contributed by atoms with van der Waals surface area (Å²) in [6, 6.07) is 5.61. The Morgan fingerprint density at radius 3 is 2.91 bits per heavy atom. The zero-order valence-corrected chi connectivity index (χ0v) is 12.3. The van der Waals surface area contributed by atoms with Gasteiger partial charge in [-0.15, -0.1) is 0 Å². The van der Waals surface area contributed by atoms with E-state index in [0.29, 0.717) is 37.9 Å². The van der Waals surface area contributed by atoms with Crippen molar-refractivity contribution in [1.82, 2.24) is 9.97 Å². The molecule has 0 amide bonds. The molecule has 3 heterocycles. The zero-order chi connectivity index (χ0) is 16.1. The van der Waals surface area contributed by atoms with E-state index in [2.05, 4.69) is 26.6 Å². The minimum absolute atomic E-state index is 0.0705. The summed E-state index contributed by atoms with van der Waals surface area (Å²) in [6.45, 7) is 2.43. The van der Waals surface area contributed by atoms with Gasteiger partial charge in [0.05, 0.1) is 25.7 Å².